The number of alkyl halides is 3. The van der Waals surface area contributed by atoms with E-state index < -0.39 is 11.7 Å². The van der Waals surface area contributed by atoms with Crippen LogP contribution in [0.15, 0.2) is 54.7 Å². The molecule has 5 nitrogen and oxygen atoms in total. The molecule has 0 amide bonds. The van der Waals surface area contributed by atoms with Crippen LogP contribution in [0.3, 0.4) is 0 Å². The Morgan fingerprint density at radius 2 is 1.75 bits per heavy atom. The molecule has 1 heterocycles. The largest absolute Gasteiger partial charge is 0.494 e. The Labute approximate surface area is 185 Å². The van der Waals surface area contributed by atoms with Gasteiger partial charge >= 0.3 is 6.18 Å². The molecule has 2 N–H and O–H groups in total. The minimum absolute atomic E-state index is 0.0663. The predicted molar refractivity (Wildman–Crippen MR) is 119 cm³/mol. The molecule has 1 aliphatic rings. The van der Waals surface area contributed by atoms with Crippen LogP contribution in [0, 0.1) is 0 Å². The minimum atomic E-state index is -4.58. The van der Waals surface area contributed by atoms with E-state index >= 15 is 0 Å². The summed E-state index contributed by atoms with van der Waals surface area (Å²) in [5.74, 6) is 0.943. The van der Waals surface area contributed by atoms with Crippen LogP contribution in [0.4, 0.5) is 36.3 Å². The van der Waals surface area contributed by atoms with Crippen molar-refractivity contribution in [3.05, 3.63) is 65.9 Å². The molecule has 0 atom stereocenters. The summed E-state index contributed by atoms with van der Waals surface area (Å²) in [4.78, 5) is 8.00. The van der Waals surface area contributed by atoms with Crippen LogP contribution in [-0.2, 0) is 6.18 Å². The van der Waals surface area contributed by atoms with Gasteiger partial charge in [0.1, 0.15) is 17.1 Å². The van der Waals surface area contributed by atoms with Crippen molar-refractivity contribution in [1.82, 2.24) is 9.97 Å². The van der Waals surface area contributed by atoms with E-state index in [2.05, 4.69) is 20.6 Å². The first-order valence-electron chi connectivity index (χ1n) is 10.7. The van der Waals surface area contributed by atoms with E-state index in [1.54, 1.807) is 30.3 Å². The minimum Gasteiger partial charge on any atom is -0.494 e. The average Bonchev–Trinajstić information content (AvgIpc) is 3.30. The van der Waals surface area contributed by atoms with Gasteiger partial charge in [-0.15, -0.1) is 0 Å². The number of aromatic nitrogens is 2. The fourth-order valence-corrected chi connectivity index (χ4v) is 3.94. The molecule has 0 spiro atoms. The standard InChI is InChI=1S/C24H25F3N4O/c1-2-32-20-12-10-18(11-13-20)30-23-28-15-21(24(25,26)27)22(31-23)29-19-9-5-8-17(14-19)16-6-3-4-7-16/h5,8-16H,2-4,6-7H2,1H3,(H2,28,29,30,31). The van der Waals surface area contributed by atoms with Gasteiger partial charge in [0.15, 0.2) is 0 Å². The van der Waals surface area contributed by atoms with E-state index in [0.717, 1.165) is 24.6 Å². The van der Waals surface area contributed by atoms with Gasteiger partial charge in [0.2, 0.25) is 5.95 Å². The van der Waals surface area contributed by atoms with Gasteiger partial charge in [-0.05, 0) is 67.6 Å². The average molecular weight is 442 g/mol. The third-order valence-electron chi connectivity index (χ3n) is 5.49. The van der Waals surface area contributed by atoms with Crippen LogP contribution in [0.5, 0.6) is 5.75 Å². The van der Waals surface area contributed by atoms with E-state index in [4.69, 9.17) is 4.74 Å². The quantitative estimate of drug-likeness (QED) is 0.411. The first kappa shape index (κ1) is 21.9. The molecule has 1 aromatic heterocycles. The number of anilines is 4. The molecule has 1 aliphatic carbocycles. The van der Waals surface area contributed by atoms with Gasteiger partial charge in [-0.3, -0.25) is 0 Å². The lowest BCUT2D eigenvalue weighted by Crippen LogP contribution is -2.12. The highest BCUT2D eigenvalue weighted by molar-refractivity contribution is 5.63. The number of nitrogens with zero attached hydrogens (tertiary/aromatic N) is 2. The van der Waals surface area contributed by atoms with Gasteiger partial charge in [0.25, 0.3) is 0 Å². The van der Waals surface area contributed by atoms with E-state index in [9.17, 15) is 13.2 Å². The first-order valence-corrected chi connectivity index (χ1v) is 10.7. The zero-order valence-corrected chi connectivity index (χ0v) is 17.7. The molecule has 0 bridgehead atoms. The number of benzene rings is 2. The summed E-state index contributed by atoms with van der Waals surface area (Å²) in [5, 5.41) is 5.81. The molecule has 32 heavy (non-hydrogen) atoms. The van der Waals surface area contributed by atoms with Crippen molar-refractivity contribution < 1.29 is 17.9 Å². The van der Waals surface area contributed by atoms with E-state index in [0.29, 0.717) is 29.6 Å². The molecule has 2 aromatic carbocycles. The van der Waals surface area contributed by atoms with Crippen LogP contribution in [0.2, 0.25) is 0 Å². The monoisotopic (exact) mass is 442 g/mol. The predicted octanol–water partition coefficient (Wildman–Crippen LogP) is 7.04. The number of nitrogens with one attached hydrogen (secondary N) is 2. The Bertz CT molecular complexity index is 1050. The lowest BCUT2D eigenvalue weighted by atomic mass is 9.97. The second kappa shape index (κ2) is 9.46. The SMILES string of the molecule is CCOc1ccc(Nc2ncc(C(F)(F)F)c(Nc3cccc(C4CCCC4)c3)n2)cc1. The summed E-state index contributed by atoms with van der Waals surface area (Å²) in [7, 11) is 0. The topological polar surface area (TPSA) is 59.1 Å². The third-order valence-corrected chi connectivity index (χ3v) is 5.49. The van der Waals surface area contributed by atoms with Crippen molar-refractivity contribution in [2.45, 2.75) is 44.7 Å². The van der Waals surface area contributed by atoms with Crippen LogP contribution >= 0.6 is 0 Å². The third kappa shape index (κ3) is 5.30. The maximum atomic E-state index is 13.6. The molecule has 168 valence electrons. The number of halogens is 3. The molecule has 1 fully saturated rings. The molecular formula is C24H25F3N4O. The zero-order chi connectivity index (χ0) is 22.6. The van der Waals surface area contributed by atoms with E-state index in [1.807, 2.05) is 25.1 Å². The molecule has 3 aromatic rings. The summed E-state index contributed by atoms with van der Waals surface area (Å²) in [6.45, 7) is 2.44. The lowest BCUT2D eigenvalue weighted by molar-refractivity contribution is -0.137. The van der Waals surface area contributed by atoms with Gasteiger partial charge in [-0.25, -0.2) is 4.98 Å². The molecule has 0 radical (unpaired) electrons. The van der Waals surface area contributed by atoms with Gasteiger partial charge in [0.05, 0.1) is 6.61 Å². The molecule has 1 saturated carbocycles. The maximum Gasteiger partial charge on any atom is 0.421 e. The Morgan fingerprint density at radius 3 is 2.44 bits per heavy atom. The van der Waals surface area contributed by atoms with Crippen molar-refractivity contribution in [1.29, 1.82) is 0 Å². The van der Waals surface area contributed by atoms with Gasteiger partial charge in [0, 0.05) is 17.6 Å². The van der Waals surface area contributed by atoms with Crippen molar-refractivity contribution >= 4 is 23.1 Å². The second-order valence-electron chi connectivity index (χ2n) is 7.77. The Kier molecular flexibility index (Phi) is 6.48. The van der Waals surface area contributed by atoms with Crippen molar-refractivity contribution in [3.63, 3.8) is 0 Å². The molecule has 0 aliphatic heterocycles. The summed E-state index contributed by atoms with van der Waals surface area (Å²) in [6, 6.07) is 14.6. The Balaban J connectivity index is 1.59. The van der Waals surface area contributed by atoms with Crippen LogP contribution in [0.1, 0.15) is 49.7 Å². The van der Waals surface area contributed by atoms with E-state index in [-0.39, 0.29) is 11.8 Å². The lowest BCUT2D eigenvalue weighted by Gasteiger charge is -2.16. The highest BCUT2D eigenvalue weighted by Crippen LogP contribution is 2.37. The van der Waals surface area contributed by atoms with Crippen molar-refractivity contribution in [2.24, 2.45) is 0 Å². The van der Waals surface area contributed by atoms with Crippen LogP contribution < -0.4 is 15.4 Å². The summed E-state index contributed by atoms with van der Waals surface area (Å²) in [5.41, 5.74) is 1.44. The summed E-state index contributed by atoms with van der Waals surface area (Å²) < 4.78 is 46.2. The highest BCUT2D eigenvalue weighted by atomic mass is 19.4. The zero-order valence-electron chi connectivity index (χ0n) is 17.7. The smallest absolute Gasteiger partial charge is 0.421 e. The molecule has 0 unspecified atom stereocenters. The molecule has 0 saturated heterocycles. The van der Waals surface area contributed by atoms with Crippen molar-refractivity contribution in [3.8, 4) is 5.75 Å². The van der Waals surface area contributed by atoms with E-state index in [1.165, 1.54) is 12.8 Å². The summed E-state index contributed by atoms with van der Waals surface area (Å²) in [6.07, 6.45) is 0.817. The molecule has 4 rings (SSSR count). The molecular weight excluding hydrogens is 417 g/mol. The number of hydrogen-bond donors (Lipinski definition) is 2. The van der Waals surface area contributed by atoms with Gasteiger partial charge in [-0.2, -0.15) is 18.2 Å². The van der Waals surface area contributed by atoms with Crippen molar-refractivity contribution in [2.75, 3.05) is 17.2 Å². The van der Waals surface area contributed by atoms with Crippen LogP contribution in [0.25, 0.3) is 0 Å². The summed E-state index contributed by atoms with van der Waals surface area (Å²) >= 11 is 0. The second-order valence-corrected chi connectivity index (χ2v) is 7.77. The first-order chi connectivity index (χ1) is 15.4. The van der Waals surface area contributed by atoms with Crippen LogP contribution in [-0.4, -0.2) is 16.6 Å². The number of hydrogen-bond acceptors (Lipinski definition) is 5. The number of rotatable bonds is 7. The normalized spacial score (nSPS) is 14.4. The van der Waals surface area contributed by atoms with Gasteiger partial charge in [-0.1, -0.05) is 25.0 Å². The Hall–Kier alpha value is -3.29. The number of ether oxygens (including phenoxy) is 1. The molecule has 8 heteroatoms. The highest BCUT2D eigenvalue weighted by Gasteiger charge is 2.35. The van der Waals surface area contributed by atoms with Gasteiger partial charge < -0.3 is 15.4 Å². The maximum absolute atomic E-state index is 13.6. The fraction of sp³-hybridized carbons (Fsp3) is 0.333. The fourth-order valence-electron chi connectivity index (χ4n) is 3.94. The Morgan fingerprint density at radius 1 is 1.00 bits per heavy atom.